The van der Waals surface area contributed by atoms with Gasteiger partial charge >= 0.3 is 5.97 Å². The average Bonchev–Trinajstić information content (AvgIpc) is 2.31. The highest BCUT2D eigenvalue weighted by molar-refractivity contribution is 6.32. The molecule has 0 atom stereocenters. The molecule has 104 valence electrons. The molecule has 0 spiro atoms. The van der Waals surface area contributed by atoms with Crippen LogP contribution in [-0.2, 0) is 0 Å². The lowest BCUT2D eigenvalue weighted by molar-refractivity contribution is 0.0692. The van der Waals surface area contributed by atoms with Gasteiger partial charge in [-0.05, 0) is 38.5 Å². The molecule has 0 fully saturated rings. The Hall–Kier alpha value is -2.07. The van der Waals surface area contributed by atoms with Crippen molar-refractivity contribution >= 4 is 17.6 Å². The zero-order valence-corrected chi connectivity index (χ0v) is 12.2. The zero-order chi connectivity index (χ0) is 14.9. The van der Waals surface area contributed by atoms with Crippen molar-refractivity contribution < 1.29 is 14.6 Å². The SMILES string of the molecule is Cc1ccc(Oc2cc(C)nc(C)c2C(=O)O)c(Cl)c1. The van der Waals surface area contributed by atoms with E-state index >= 15 is 0 Å². The van der Waals surface area contributed by atoms with Gasteiger partial charge in [0.1, 0.15) is 17.1 Å². The molecule has 0 saturated carbocycles. The fourth-order valence-electron chi connectivity index (χ4n) is 1.94. The first-order valence-corrected chi connectivity index (χ1v) is 6.42. The minimum absolute atomic E-state index is 0.0484. The summed E-state index contributed by atoms with van der Waals surface area (Å²) < 4.78 is 5.67. The number of halogens is 1. The summed E-state index contributed by atoms with van der Waals surface area (Å²) in [7, 11) is 0. The van der Waals surface area contributed by atoms with Crippen molar-refractivity contribution in [1.82, 2.24) is 4.98 Å². The number of rotatable bonds is 3. The molecule has 5 heteroatoms. The van der Waals surface area contributed by atoms with Crippen LogP contribution in [0.1, 0.15) is 27.3 Å². The van der Waals surface area contributed by atoms with Crippen LogP contribution in [0.5, 0.6) is 11.5 Å². The number of hydrogen-bond acceptors (Lipinski definition) is 3. The minimum Gasteiger partial charge on any atom is -0.477 e. The Morgan fingerprint density at radius 3 is 2.50 bits per heavy atom. The molecule has 0 bridgehead atoms. The van der Waals surface area contributed by atoms with E-state index in [1.54, 1.807) is 32.0 Å². The lowest BCUT2D eigenvalue weighted by Gasteiger charge is -2.12. The van der Waals surface area contributed by atoms with Gasteiger partial charge in [-0.3, -0.25) is 4.98 Å². The van der Waals surface area contributed by atoms with Crippen molar-refractivity contribution in [2.24, 2.45) is 0 Å². The molecule has 0 saturated heterocycles. The molecule has 1 N–H and O–H groups in total. The predicted molar refractivity (Wildman–Crippen MR) is 76.9 cm³/mol. The second-order valence-electron chi connectivity index (χ2n) is 4.56. The van der Waals surface area contributed by atoms with Crippen LogP contribution in [0, 0.1) is 20.8 Å². The third-order valence-corrected chi connectivity index (χ3v) is 3.11. The Balaban J connectivity index is 2.50. The largest absolute Gasteiger partial charge is 0.477 e. The van der Waals surface area contributed by atoms with Crippen LogP contribution in [0.2, 0.25) is 5.02 Å². The topological polar surface area (TPSA) is 59.4 Å². The Kier molecular flexibility index (Phi) is 3.95. The monoisotopic (exact) mass is 291 g/mol. The fourth-order valence-corrected chi connectivity index (χ4v) is 2.21. The standard InChI is InChI=1S/C15H14ClNO3/c1-8-4-5-12(11(16)6-8)20-13-7-9(2)17-10(3)14(13)15(18)19/h4-7H,1-3H3,(H,18,19). The molecule has 0 unspecified atom stereocenters. The number of carbonyl (C=O) groups is 1. The summed E-state index contributed by atoms with van der Waals surface area (Å²) in [6.07, 6.45) is 0. The van der Waals surface area contributed by atoms with E-state index in [1.807, 2.05) is 13.0 Å². The molecule has 1 aromatic carbocycles. The highest BCUT2D eigenvalue weighted by Crippen LogP contribution is 2.33. The number of carboxylic acids is 1. The summed E-state index contributed by atoms with van der Waals surface area (Å²) in [5, 5.41) is 9.71. The van der Waals surface area contributed by atoms with E-state index in [1.165, 1.54) is 0 Å². The van der Waals surface area contributed by atoms with Crippen LogP contribution in [0.25, 0.3) is 0 Å². The number of carboxylic acid groups (broad SMARTS) is 1. The van der Waals surface area contributed by atoms with Crippen molar-refractivity contribution in [2.75, 3.05) is 0 Å². The van der Waals surface area contributed by atoms with E-state index in [0.29, 0.717) is 22.2 Å². The first kappa shape index (κ1) is 14.3. The molecule has 4 nitrogen and oxygen atoms in total. The number of nitrogens with zero attached hydrogens (tertiary/aromatic N) is 1. The normalized spacial score (nSPS) is 10.4. The molecule has 0 amide bonds. The number of aromatic nitrogens is 1. The van der Waals surface area contributed by atoms with E-state index in [2.05, 4.69) is 4.98 Å². The van der Waals surface area contributed by atoms with Crippen LogP contribution in [-0.4, -0.2) is 16.1 Å². The lowest BCUT2D eigenvalue weighted by Crippen LogP contribution is -2.06. The molecule has 0 aliphatic heterocycles. The Bertz CT molecular complexity index is 683. The van der Waals surface area contributed by atoms with Gasteiger partial charge in [-0.15, -0.1) is 0 Å². The van der Waals surface area contributed by atoms with Gasteiger partial charge in [-0.2, -0.15) is 0 Å². The Morgan fingerprint density at radius 1 is 1.20 bits per heavy atom. The lowest BCUT2D eigenvalue weighted by atomic mass is 10.1. The highest BCUT2D eigenvalue weighted by atomic mass is 35.5. The van der Waals surface area contributed by atoms with Crippen LogP contribution in [0.15, 0.2) is 24.3 Å². The van der Waals surface area contributed by atoms with Gasteiger partial charge in [0.25, 0.3) is 0 Å². The molecular weight excluding hydrogens is 278 g/mol. The number of benzene rings is 1. The smallest absolute Gasteiger partial charge is 0.341 e. The van der Waals surface area contributed by atoms with E-state index in [9.17, 15) is 9.90 Å². The molecule has 0 aliphatic rings. The molecular formula is C15H14ClNO3. The van der Waals surface area contributed by atoms with E-state index in [-0.39, 0.29) is 11.3 Å². The summed E-state index contributed by atoms with van der Waals surface area (Å²) in [4.78, 5) is 15.5. The van der Waals surface area contributed by atoms with Gasteiger partial charge in [0, 0.05) is 11.8 Å². The Labute approximate surface area is 122 Å². The number of hydrogen-bond donors (Lipinski definition) is 1. The van der Waals surface area contributed by atoms with Crippen molar-refractivity contribution in [3.63, 3.8) is 0 Å². The zero-order valence-electron chi connectivity index (χ0n) is 11.4. The van der Waals surface area contributed by atoms with Crippen LogP contribution in [0.3, 0.4) is 0 Å². The summed E-state index contributed by atoms with van der Waals surface area (Å²) in [5.41, 5.74) is 2.15. The molecule has 1 heterocycles. The maximum atomic E-state index is 11.3. The van der Waals surface area contributed by atoms with Gasteiger partial charge < -0.3 is 9.84 Å². The molecule has 2 aromatic rings. The number of aryl methyl sites for hydroxylation is 3. The van der Waals surface area contributed by atoms with Gasteiger partial charge in [0.05, 0.1) is 10.7 Å². The fraction of sp³-hybridized carbons (Fsp3) is 0.200. The van der Waals surface area contributed by atoms with Crippen LogP contribution < -0.4 is 4.74 Å². The van der Waals surface area contributed by atoms with Gasteiger partial charge in [-0.1, -0.05) is 17.7 Å². The van der Waals surface area contributed by atoms with E-state index < -0.39 is 5.97 Å². The molecule has 20 heavy (non-hydrogen) atoms. The predicted octanol–water partition coefficient (Wildman–Crippen LogP) is 4.15. The summed E-state index contributed by atoms with van der Waals surface area (Å²) in [5.74, 6) is -0.411. The molecule has 0 radical (unpaired) electrons. The Morgan fingerprint density at radius 2 is 1.90 bits per heavy atom. The number of aromatic carboxylic acids is 1. The molecule has 2 rings (SSSR count). The van der Waals surface area contributed by atoms with Crippen molar-refractivity contribution in [1.29, 1.82) is 0 Å². The van der Waals surface area contributed by atoms with Crippen molar-refractivity contribution in [2.45, 2.75) is 20.8 Å². The van der Waals surface area contributed by atoms with E-state index in [0.717, 1.165) is 5.56 Å². The quantitative estimate of drug-likeness (QED) is 0.923. The molecule has 0 aliphatic carbocycles. The van der Waals surface area contributed by atoms with E-state index in [4.69, 9.17) is 16.3 Å². The van der Waals surface area contributed by atoms with Gasteiger partial charge in [-0.25, -0.2) is 4.79 Å². The summed E-state index contributed by atoms with van der Waals surface area (Å²) in [6, 6.07) is 6.92. The maximum absolute atomic E-state index is 11.3. The third kappa shape index (κ3) is 2.91. The summed E-state index contributed by atoms with van der Waals surface area (Å²) in [6.45, 7) is 5.33. The second-order valence-corrected chi connectivity index (χ2v) is 4.97. The first-order chi connectivity index (χ1) is 9.38. The van der Waals surface area contributed by atoms with Gasteiger partial charge in [0.2, 0.25) is 0 Å². The third-order valence-electron chi connectivity index (χ3n) is 2.81. The highest BCUT2D eigenvalue weighted by Gasteiger charge is 2.18. The van der Waals surface area contributed by atoms with Crippen LogP contribution >= 0.6 is 11.6 Å². The van der Waals surface area contributed by atoms with Crippen molar-refractivity contribution in [3.05, 3.63) is 51.8 Å². The van der Waals surface area contributed by atoms with Gasteiger partial charge in [0.15, 0.2) is 0 Å². The summed E-state index contributed by atoms with van der Waals surface area (Å²) >= 11 is 6.10. The molecule has 1 aromatic heterocycles. The number of ether oxygens (including phenoxy) is 1. The van der Waals surface area contributed by atoms with Crippen molar-refractivity contribution in [3.8, 4) is 11.5 Å². The maximum Gasteiger partial charge on any atom is 0.341 e. The second kappa shape index (κ2) is 5.51. The van der Waals surface area contributed by atoms with Crippen LogP contribution in [0.4, 0.5) is 0 Å². The number of pyridine rings is 1. The first-order valence-electron chi connectivity index (χ1n) is 6.04. The minimum atomic E-state index is -1.08. The average molecular weight is 292 g/mol.